The predicted molar refractivity (Wildman–Crippen MR) is 74.2 cm³/mol. The predicted octanol–water partition coefficient (Wildman–Crippen LogP) is 2.57. The second kappa shape index (κ2) is 5.54. The van der Waals surface area contributed by atoms with Crippen LogP contribution in [0.15, 0.2) is 17.5 Å². The molecule has 0 saturated carbocycles. The summed E-state index contributed by atoms with van der Waals surface area (Å²) in [7, 11) is 0. The van der Waals surface area contributed by atoms with Crippen molar-refractivity contribution in [3.63, 3.8) is 0 Å². The van der Waals surface area contributed by atoms with Crippen LogP contribution < -0.4 is 5.73 Å². The van der Waals surface area contributed by atoms with Crippen molar-refractivity contribution in [2.45, 2.75) is 31.2 Å². The van der Waals surface area contributed by atoms with Gasteiger partial charge in [-0.05, 0) is 18.4 Å². The van der Waals surface area contributed by atoms with Gasteiger partial charge in [-0.1, -0.05) is 13.0 Å². The Kier molecular flexibility index (Phi) is 4.30. The van der Waals surface area contributed by atoms with Crippen LogP contribution in [0.4, 0.5) is 0 Å². The molecule has 0 spiro atoms. The molecule has 1 aromatic rings. The first-order chi connectivity index (χ1) is 7.74. The Labute approximate surface area is 106 Å². The molecular formula is C12H20N2S2. The van der Waals surface area contributed by atoms with E-state index in [0.29, 0.717) is 17.3 Å². The summed E-state index contributed by atoms with van der Waals surface area (Å²) in [6, 6.07) is 5.37. The summed E-state index contributed by atoms with van der Waals surface area (Å²) in [5, 5.41) is 2.85. The average molecular weight is 256 g/mol. The molecule has 2 heterocycles. The standard InChI is InChI=1S/C12H20N2S2/c1-9-10(2)15-7-5-14(9)11(8-13)12-4-3-6-16-12/h3-4,6,9-11H,5,7-8,13H2,1-2H3. The smallest absolute Gasteiger partial charge is 0.0567 e. The van der Waals surface area contributed by atoms with E-state index in [4.69, 9.17) is 5.73 Å². The Morgan fingerprint density at radius 3 is 3.00 bits per heavy atom. The van der Waals surface area contributed by atoms with Gasteiger partial charge in [-0.15, -0.1) is 11.3 Å². The van der Waals surface area contributed by atoms with Crippen LogP contribution in [0.5, 0.6) is 0 Å². The number of nitrogens with two attached hydrogens (primary N) is 1. The van der Waals surface area contributed by atoms with Crippen LogP contribution >= 0.6 is 23.1 Å². The maximum absolute atomic E-state index is 5.96. The molecule has 1 saturated heterocycles. The van der Waals surface area contributed by atoms with E-state index in [9.17, 15) is 0 Å². The van der Waals surface area contributed by atoms with Crippen molar-refractivity contribution >= 4 is 23.1 Å². The third kappa shape index (κ3) is 2.45. The number of rotatable bonds is 3. The third-order valence-electron chi connectivity index (χ3n) is 3.43. The quantitative estimate of drug-likeness (QED) is 0.901. The first kappa shape index (κ1) is 12.4. The first-order valence-corrected chi connectivity index (χ1v) is 7.77. The molecule has 3 unspecified atom stereocenters. The molecule has 1 aliphatic rings. The van der Waals surface area contributed by atoms with E-state index in [0.717, 1.165) is 13.1 Å². The number of hydrogen-bond acceptors (Lipinski definition) is 4. The highest BCUT2D eigenvalue weighted by atomic mass is 32.2. The number of thioether (sulfide) groups is 1. The molecule has 1 fully saturated rings. The average Bonchev–Trinajstić information content (AvgIpc) is 2.79. The lowest BCUT2D eigenvalue weighted by Gasteiger charge is -2.41. The molecule has 0 bridgehead atoms. The second-order valence-electron chi connectivity index (χ2n) is 4.32. The molecule has 3 atom stereocenters. The van der Waals surface area contributed by atoms with Gasteiger partial charge in [-0.25, -0.2) is 0 Å². The highest BCUT2D eigenvalue weighted by molar-refractivity contribution is 8.00. The van der Waals surface area contributed by atoms with Crippen LogP contribution in [-0.2, 0) is 0 Å². The minimum atomic E-state index is 0.415. The number of hydrogen-bond donors (Lipinski definition) is 1. The molecule has 4 heteroatoms. The van der Waals surface area contributed by atoms with E-state index in [1.165, 1.54) is 10.6 Å². The van der Waals surface area contributed by atoms with Crippen LogP contribution in [0.1, 0.15) is 24.8 Å². The molecule has 16 heavy (non-hydrogen) atoms. The molecule has 1 aliphatic heterocycles. The van der Waals surface area contributed by atoms with Gasteiger partial charge in [0, 0.05) is 35.0 Å². The maximum Gasteiger partial charge on any atom is 0.0567 e. The van der Waals surface area contributed by atoms with Crippen molar-refractivity contribution in [3.8, 4) is 0 Å². The SMILES string of the molecule is CC1SCCN(C(CN)c2cccs2)C1C. The van der Waals surface area contributed by atoms with Gasteiger partial charge in [0.2, 0.25) is 0 Å². The molecule has 90 valence electrons. The fourth-order valence-corrected chi connectivity index (χ4v) is 4.28. The van der Waals surface area contributed by atoms with Crippen molar-refractivity contribution < 1.29 is 0 Å². The lowest BCUT2D eigenvalue weighted by atomic mass is 10.1. The van der Waals surface area contributed by atoms with Crippen LogP contribution in [0.3, 0.4) is 0 Å². The van der Waals surface area contributed by atoms with E-state index in [1.807, 2.05) is 11.3 Å². The Morgan fingerprint density at radius 2 is 2.38 bits per heavy atom. The fraction of sp³-hybridized carbons (Fsp3) is 0.667. The maximum atomic E-state index is 5.96. The Balaban J connectivity index is 2.14. The molecule has 2 rings (SSSR count). The second-order valence-corrected chi connectivity index (χ2v) is 6.79. The van der Waals surface area contributed by atoms with Gasteiger partial charge >= 0.3 is 0 Å². The topological polar surface area (TPSA) is 29.3 Å². The summed E-state index contributed by atoms with van der Waals surface area (Å²) in [5.74, 6) is 1.23. The zero-order chi connectivity index (χ0) is 11.5. The van der Waals surface area contributed by atoms with Crippen LogP contribution in [0.2, 0.25) is 0 Å². The van der Waals surface area contributed by atoms with Gasteiger partial charge < -0.3 is 5.73 Å². The summed E-state index contributed by atoms with van der Waals surface area (Å²) >= 11 is 3.90. The highest BCUT2D eigenvalue weighted by Gasteiger charge is 2.31. The number of nitrogens with zero attached hydrogens (tertiary/aromatic N) is 1. The molecule has 0 aromatic carbocycles. The highest BCUT2D eigenvalue weighted by Crippen LogP contribution is 2.32. The minimum Gasteiger partial charge on any atom is -0.329 e. The van der Waals surface area contributed by atoms with Gasteiger partial charge in [-0.3, -0.25) is 4.90 Å². The third-order valence-corrected chi connectivity index (χ3v) is 5.74. The van der Waals surface area contributed by atoms with Gasteiger partial charge in [0.25, 0.3) is 0 Å². The normalized spacial score (nSPS) is 29.2. The monoisotopic (exact) mass is 256 g/mol. The Bertz CT molecular complexity index is 313. The van der Waals surface area contributed by atoms with Crippen LogP contribution in [-0.4, -0.2) is 35.0 Å². The minimum absolute atomic E-state index is 0.415. The number of thiophene rings is 1. The molecule has 2 nitrogen and oxygen atoms in total. The molecule has 2 N–H and O–H groups in total. The van der Waals surface area contributed by atoms with Crippen molar-refractivity contribution in [1.82, 2.24) is 4.90 Å². The van der Waals surface area contributed by atoms with Crippen molar-refractivity contribution in [1.29, 1.82) is 0 Å². The summed E-state index contributed by atoms with van der Waals surface area (Å²) in [5.41, 5.74) is 5.96. The zero-order valence-corrected chi connectivity index (χ0v) is 11.6. The van der Waals surface area contributed by atoms with Gasteiger partial charge in [0.05, 0.1) is 6.04 Å². The fourth-order valence-electron chi connectivity index (χ4n) is 2.29. The van der Waals surface area contributed by atoms with E-state index >= 15 is 0 Å². The van der Waals surface area contributed by atoms with E-state index < -0.39 is 0 Å². The van der Waals surface area contributed by atoms with Crippen molar-refractivity contribution in [2.24, 2.45) is 5.73 Å². The van der Waals surface area contributed by atoms with Crippen LogP contribution in [0.25, 0.3) is 0 Å². The summed E-state index contributed by atoms with van der Waals surface area (Å²) in [6.45, 7) is 6.54. The zero-order valence-electron chi connectivity index (χ0n) is 9.93. The first-order valence-electron chi connectivity index (χ1n) is 5.85. The summed E-state index contributed by atoms with van der Waals surface area (Å²) < 4.78 is 0. The van der Waals surface area contributed by atoms with E-state index in [1.54, 1.807) is 0 Å². The summed E-state index contributed by atoms with van der Waals surface area (Å²) in [4.78, 5) is 3.99. The van der Waals surface area contributed by atoms with E-state index in [-0.39, 0.29) is 0 Å². The summed E-state index contributed by atoms with van der Waals surface area (Å²) in [6.07, 6.45) is 0. The molecular weight excluding hydrogens is 236 g/mol. The molecule has 0 aliphatic carbocycles. The molecule has 0 amide bonds. The van der Waals surface area contributed by atoms with Gasteiger partial charge in [0.15, 0.2) is 0 Å². The van der Waals surface area contributed by atoms with Gasteiger partial charge in [0.1, 0.15) is 0 Å². The Morgan fingerprint density at radius 1 is 1.56 bits per heavy atom. The van der Waals surface area contributed by atoms with Gasteiger partial charge in [-0.2, -0.15) is 11.8 Å². The van der Waals surface area contributed by atoms with Crippen molar-refractivity contribution in [3.05, 3.63) is 22.4 Å². The molecule has 0 radical (unpaired) electrons. The lowest BCUT2D eigenvalue weighted by molar-refractivity contribution is 0.153. The largest absolute Gasteiger partial charge is 0.329 e. The van der Waals surface area contributed by atoms with Crippen LogP contribution in [0, 0.1) is 0 Å². The lowest BCUT2D eigenvalue weighted by Crippen LogP contribution is -2.48. The molecule has 1 aromatic heterocycles. The van der Waals surface area contributed by atoms with E-state index in [2.05, 4.69) is 48.0 Å². The Hall–Kier alpha value is -0.0300. The van der Waals surface area contributed by atoms with Crippen molar-refractivity contribution in [2.75, 3.05) is 18.8 Å².